The molecule has 0 spiro atoms. The summed E-state index contributed by atoms with van der Waals surface area (Å²) in [6.07, 6.45) is 7.62. The fraction of sp³-hybridized carbons (Fsp3) is 1.00. The summed E-state index contributed by atoms with van der Waals surface area (Å²) >= 11 is 0. The smallest absolute Gasteiger partial charge is 0.0230 e. The van der Waals surface area contributed by atoms with Crippen LogP contribution in [-0.4, -0.2) is 23.5 Å². The van der Waals surface area contributed by atoms with Gasteiger partial charge in [-0.25, -0.2) is 0 Å². The zero-order valence-electron chi connectivity index (χ0n) is 6.42. The quantitative estimate of drug-likeness (QED) is 0.459. The monoisotopic (exact) mass is 137 g/mol. The number of piperidine rings is 1. The van der Waals surface area contributed by atoms with Crippen LogP contribution in [0.4, 0.5) is 0 Å². The second kappa shape index (κ2) is 1.76. The summed E-state index contributed by atoms with van der Waals surface area (Å²) in [5.74, 6) is 1.12. The lowest BCUT2D eigenvalue weighted by atomic mass is 9.84. The molecule has 0 aromatic heterocycles. The van der Waals surface area contributed by atoms with Gasteiger partial charge in [0.1, 0.15) is 0 Å². The summed E-state index contributed by atoms with van der Waals surface area (Å²) in [6, 6.07) is 2.09. The van der Waals surface area contributed by atoms with Crippen molar-refractivity contribution in [2.45, 2.75) is 44.2 Å². The Morgan fingerprint density at radius 3 is 2.90 bits per heavy atom. The lowest BCUT2D eigenvalue weighted by Gasteiger charge is -2.27. The highest BCUT2D eigenvalue weighted by Gasteiger charge is 2.50. The van der Waals surface area contributed by atoms with Gasteiger partial charge in [-0.15, -0.1) is 0 Å². The van der Waals surface area contributed by atoms with Gasteiger partial charge in [-0.2, -0.15) is 0 Å². The standard InChI is InChI=1S/C9H15N/c1-2-4-9-7(3-1)5-8-6-10(8)9/h7-9H,1-6H2. The third kappa shape index (κ3) is 0.619. The van der Waals surface area contributed by atoms with Crippen LogP contribution in [0.3, 0.4) is 0 Å². The van der Waals surface area contributed by atoms with Crippen molar-refractivity contribution in [1.29, 1.82) is 0 Å². The van der Waals surface area contributed by atoms with Crippen LogP contribution in [0.5, 0.6) is 0 Å². The molecule has 1 nitrogen and oxygen atoms in total. The zero-order chi connectivity index (χ0) is 6.55. The molecule has 2 heterocycles. The van der Waals surface area contributed by atoms with Crippen molar-refractivity contribution in [3.8, 4) is 0 Å². The Labute approximate surface area is 62.4 Å². The van der Waals surface area contributed by atoms with Crippen molar-refractivity contribution in [2.24, 2.45) is 5.92 Å². The Kier molecular flexibility index (Phi) is 0.984. The van der Waals surface area contributed by atoms with Crippen LogP contribution < -0.4 is 0 Å². The minimum absolute atomic E-state index is 1.04. The van der Waals surface area contributed by atoms with Crippen LogP contribution in [0.1, 0.15) is 32.1 Å². The van der Waals surface area contributed by atoms with Crippen LogP contribution in [0.2, 0.25) is 0 Å². The molecular formula is C9H15N. The first-order valence-electron chi connectivity index (χ1n) is 4.71. The van der Waals surface area contributed by atoms with Gasteiger partial charge in [-0.1, -0.05) is 12.8 Å². The Bertz CT molecular complexity index is 155. The van der Waals surface area contributed by atoms with Crippen LogP contribution in [-0.2, 0) is 0 Å². The maximum absolute atomic E-state index is 2.73. The van der Waals surface area contributed by atoms with E-state index in [1.54, 1.807) is 6.42 Å². The minimum atomic E-state index is 1.04. The highest BCUT2D eigenvalue weighted by Crippen LogP contribution is 2.46. The summed E-state index contributed by atoms with van der Waals surface area (Å²) in [4.78, 5) is 2.73. The molecule has 1 saturated carbocycles. The molecule has 0 amide bonds. The summed E-state index contributed by atoms with van der Waals surface area (Å²) in [7, 11) is 0. The molecule has 0 radical (unpaired) electrons. The van der Waals surface area contributed by atoms with E-state index in [1.165, 1.54) is 32.2 Å². The predicted octanol–water partition coefficient (Wildman–Crippen LogP) is 1.63. The number of fused-ring (bicyclic) bond motifs is 3. The van der Waals surface area contributed by atoms with Crippen molar-refractivity contribution >= 4 is 0 Å². The van der Waals surface area contributed by atoms with E-state index in [-0.39, 0.29) is 0 Å². The molecule has 2 saturated heterocycles. The van der Waals surface area contributed by atoms with Gasteiger partial charge in [0.2, 0.25) is 0 Å². The summed E-state index contributed by atoms with van der Waals surface area (Å²) in [5, 5.41) is 0. The molecular weight excluding hydrogens is 122 g/mol. The molecule has 2 aliphatic heterocycles. The average Bonchev–Trinajstić information content (AvgIpc) is 2.64. The molecule has 3 aliphatic rings. The van der Waals surface area contributed by atoms with Crippen molar-refractivity contribution in [3.05, 3.63) is 0 Å². The lowest BCUT2D eigenvalue weighted by molar-refractivity contribution is 0.250. The Morgan fingerprint density at radius 2 is 2.00 bits per heavy atom. The number of rotatable bonds is 0. The molecule has 0 aromatic carbocycles. The molecule has 0 bridgehead atoms. The van der Waals surface area contributed by atoms with E-state index in [0.717, 1.165) is 18.0 Å². The normalized spacial score (nSPS) is 57.6. The van der Waals surface area contributed by atoms with Crippen molar-refractivity contribution < 1.29 is 0 Å². The van der Waals surface area contributed by atoms with E-state index in [0.29, 0.717) is 0 Å². The van der Waals surface area contributed by atoms with E-state index in [1.807, 2.05) is 0 Å². The van der Waals surface area contributed by atoms with Gasteiger partial charge in [0.05, 0.1) is 0 Å². The lowest BCUT2D eigenvalue weighted by Crippen LogP contribution is -2.26. The fourth-order valence-electron chi connectivity index (χ4n) is 3.06. The Balaban J connectivity index is 1.80. The van der Waals surface area contributed by atoms with Crippen LogP contribution in [0, 0.1) is 5.92 Å². The summed E-state index contributed by atoms with van der Waals surface area (Å²) in [5.41, 5.74) is 0. The number of hydrogen-bond donors (Lipinski definition) is 0. The molecule has 10 heavy (non-hydrogen) atoms. The summed E-state index contributed by atoms with van der Waals surface area (Å²) < 4.78 is 0. The van der Waals surface area contributed by atoms with E-state index in [4.69, 9.17) is 0 Å². The second-order valence-corrected chi connectivity index (χ2v) is 4.20. The molecule has 3 fully saturated rings. The first-order chi connectivity index (χ1) is 4.95. The van der Waals surface area contributed by atoms with Crippen LogP contribution >= 0.6 is 0 Å². The summed E-state index contributed by atoms with van der Waals surface area (Å²) in [6.45, 7) is 1.45. The van der Waals surface area contributed by atoms with Crippen LogP contribution in [0.25, 0.3) is 0 Å². The van der Waals surface area contributed by atoms with E-state index in [2.05, 4.69) is 4.90 Å². The SMILES string of the molecule is C1CCC2C(C1)CC1CN12. The molecule has 0 aromatic rings. The van der Waals surface area contributed by atoms with Crippen molar-refractivity contribution in [1.82, 2.24) is 4.90 Å². The fourth-order valence-corrected chi connectivity index (χ4v) is 3.06. The molecule has 4 atom stereocenters. The number of nitrogens with zero attached hydrogens (tertiary/aromatic N) is 1. The van der Waals surface area contributed by atoms with Crippen LogP contribution in [0.15, 0.2) is 0 Å². The van der Waals surface area contributed by atoms with Crippen molar-refractivity contribution in [3.63, 3.8) is 0 Å². The van der Waals surface area contributed by atoms with Gasteiger partial charge >= 0.3 is 0 Å². The number of hydrogen-bond acceptors (Lipinski definition) is 1. The van der Waals surface area contributed by atoms with Gasteiger partial charge in [0, 0.05) is 18.6 Å². The van der Waals surface area contributed by atoms with Crippen molar-refractivity contribution in [2.75, 3.05) is 6.54 Å². The predicted molar refractivity (Wildman–Crippen MR) is 40.9 cm³/mol. The second-order valence-electron chi connectivity index (χ2n) is 4.20. The maximum atomic E-state index is 2.73. The molecule has 1 aliphatic carbocycles. The Morgan fingerprint density at radius 1 is 1.10 bits per heavy atom. The molecule has 3 rings (SSSR count). The highest BCUT2D eigenvalue weighted by molar-refractivity contribution is 5.06. The first kappa shape index (κ1) is 5.59. The van der Waals surface area contributed by atoms with E-state index in [9.17, 15) is 0 Å². The van der Waals surface area contributed by atoms with Gasteiger partial charge < -0.3 is 0 Å². The van der Waals surface area contributed by atoms with Gasteiger partial charge in [-0.3, -0.25) is 4.90 Å². The zero-order valence-corrected chi connectivity index (χ0v) is 6.42. The van der Waals surface area contributed by atoms with E-state index >= 15 is 0 Å². The Hall–Kier alpha value is -0.0400. The molecule has 1 heteroatoms. The maximum Gasteiger partial charge on any atom is 0.0230 e. The average molecular weight is 137 g/mol. The third-order valence-electron chi connectivity index (χ3n) is 3.63. The molecule has 0 N–H and O–H groups in total. The van der Waals surface area contributed by atoms with E-state index < -0.39 is 0 Å². The largest absolute Gasteiger partial charge is 0.294 e. The van der Waals surface area contributed by atoms with Gasteiger partial charge in [0.25, 0.3) is 0 Å². The van der Waals surface area contributed by atoms with Gasteiger partial charge in [0.15, 0.2) is 0 Å². The first-order valence-corrected chi connectivity index (χ1v) is 4.71. The highest BCUT2D eigenvalue weighted by atomic mass is 15.4. The molecule has 56 valence electrons. The minimum Gasteiger partial charge on any atom is -0.294 e. The topological polar surface area (TPSA) is 3.01 Å². The third-order valence-corrected chi connectivity index (χ3v) is 3.63. The van der Waals surface area contributed by atoms with Gasteiger partial charge in [-0.05, 0) is 25.2 Å². The molecule has 4 unspecified atom stereocenters.